The largest absolute Gasteiger partial charge is 0.351 e. The van der Waals surface area contributed by atoms with Gasteiger partial charge in [0.1, 0.15) is 12.1 Å². The number of hydrogen-bond donors (Lipinski definition) is 1. The summed E-state index contributed by atoms with van der Waals surface area (Å²) in [5, 5.41) is 12.5. The fourth-order valence-corrected chi connectivity index (χ4v) is 4.09. The van der Waals surface area contributed by atoms with Gasteiger partial charge in [-0.2, -0.15) is 0 Å². The van der Waals surface area contributed by atoms with Gasteiger partial charge in [0, 0.05) is 36.7 Å². The van der Waals surface area contributed by atoms with Crippen molar-refractivity contribution in [2.24, 2.45) is 0 Å². The zero-order valence-electron chi connectivity index (χ0n) is 18.0. The van der Waals surface area contributed by atoms with Gasteiger partial charge in [0.15, 0.2) is 11.0 Å². The fourth-order valence-electron chi connectivity index (χ4n) is 3.23. The van der Waals surface area contributed by atoms with Gasteiger partial charge in [-0.3, -0.25) is 13.9 Å². The molecule has 0 fully saturated rings. The van der Waals surface area contributed by atoms with E-state index in [1.807, 2.05) is 53.2 Å². The SMILES string of the molecule is CCC(C)n1c(SCC(=O)NCc2ccnc(-n3ccnc3)c2)nnc1-c1ccccc1. The number of nitrogens with zero attached hydrogens (tertiary/aromatic N) is 6. The number of carbonyl (C=O) groups excluding carboxylic acids is 1. The third kappa shape index (κ3) is 5.05. The molecule has 1 unspecified atom stereocenters. The number of aromatic nitrogens is 6. The lowest BCUT2D eigenvalue weighted by Gasteiger charge is -2.16. The maximum absolute atomic E-state index is 12.5. The Labute approximate surface area is 191 Å². The van der Waals surface area contributed by atoms with E-state index in [2.05, 4.69) is 43.9 Å². The molecule has 9 heteroatoms. The third-order valence-corrected chi connectivity index (χ3v) is 6.07. The van der Waals surface area contributed by atoms with Crippen LogP contribution in [0.3, 0.4) is 0 Å². The van der Waals surface area contributed by atoms with Crippen molar-refractivity contribution < 1.29 is 4.79 Å². The first-order valence-electron chi connectivity index (χ1n) is 10.5. The third-order valence-electron chi connectivity index (χ3n) is 5.13. The zero-order chi connectivity index (χ0) is 22.3. The van der Waals surface area contributed by atoms with Crippen LogP contribution in [-0.4, -0.2) is 41.0 Å². The average molecular weight is 448 g/mol. The quantitative estimate of drug-likeness (QED) is 0.391. The summed E-state index contributed by atoms with van der Waals surface area (Å²) in [4.78, 5) is 20.9. The van der Waals surface area contributed by atoms with Crippen molar-refractivity contribution in [3.63, 3.8) is 0 Å². The second kappa shape index (κ2) is 10.2. The van der Waals surface area contributed by atoms with E-state index in [4.69, 9.17) is 0 Å². The van der Waals surface area contributed by atoms with Gasteiger partial charge < -0.3 is 5.32 Å². The van der Waals surface area contributed by atoms with Gasteiger partial charge in [0.2, 0.25) is 5.91 Å². The van der Waals surface area contributed by atoms with Crippen LogP contribution in [-0.2, 0) is 11.3 Å². The topological polar surface area (TPSA) is 90.5 Å². The van der Waals surface area contributed by atoms with Gasteiger partial charge in [-0.1, -0.05) is 49.0 Å². The van der Waals surface area contributed by atoms with Crippen LogP contribution < -0.4 is 5.32 Å². The normalized spacial score (nSPS) is 11.9. The molecule has 4 aromatic rings. The summed E-state index contributed by atoms with van der Waals surface area (Å²) in [7, 11) is 0. The molecule has 0 saturated carbocycles. The number of pyridine rings is 1. The van der Waals surface area contributed by atoms with E-state index in [0.29, 0.717) is 6.54 Å². The number of carbonyl (C=O) groups is 1. The van der Waals surface area contributed by atoms with E-state index in [1.165, 1.54) is 11.8 Å². The van der Waals surface area contributed by atoms with Crippen molar-refractivity contribution in [2.45, 2.75) is 38.0 Å². The Balaban J connectivity index is 1.39. The average Bonchev–Trinajstić information content (AvgIpc) is 3.52. The monoisotopic (exact) mass is 447 g/mol. The molecule has 0 aliphatic carbocycles. The van der Waals surface area contributed by atoms with E-state index < -0.39 is 0 Å². The molecule has 0 radical (unpaired) electrons. The van der Waals surface area contributed by atoms with Gasteiger partial charge >= 0.3 is 0 Å². The van der Waals surface area contributed by atoms with Crippen molar-refractivity contribution in [2.75, 3.05) is 5.75 Å². The van der Waals surface area contributed by atoms with Gasteiger partial charge in [-0.25, -0.2) is 9.97 Å². The summed E-state index contributed by atoms with van der Waals surface area (Å²) in [6, 6.07) is 14.1. The van der Waals surface area contributed by atoms with Crippen LogP contribution in [0.25, 0.3) is 17.2 Å². The molecule has 0 aliphatic heterocycles. The molecule has 3 aromatic heterocycles. The van der Waals surface area contributed by atoms with E-state index in [1.54, 1.807) is 18.7 Å². The molecule has 1 atom stereocenters. The number of thioether (sulfide) groups is 1. The van der Waals surface area contributed by atoms with Crippen molar-refractivity contribution in [3.05, 3.63) is 72.9 Å². The fraction of sp³-hybridized carbons (Fsp3) is 0.261. The molecular formula is C23H25N7OS. The predicted molar refractivity (Wildman–Crippen MR) is 124 cm³/mol. The standard InChI is InChI=1S/C23H25N7OS/c1-3-17(2)30-22(19-7-5-4-6-8-19)27-28-23(30)32-15-21(31)26-14-18-9-10-25-20(13-18)29-12-11-24-16-29/h4-13,16-17H,3,14-15H2,1-2H3,(H,26,31). The van der Waals surface area contributed by atoms with Gasteiger partial charge in [0.05, 0.1) is 5.75 Å². The lowest BCUT2D eigenvalue weighted by Crippen LogP contribution is -2.25. The highest BCUT2D eigenvalue weighted by Gasteiger charge is 2.19. The Morgan fingerprint density at radius 1 is 1.16 bits per heavy atom. The van der Waals surface area contributed by atoms with E-state index in [-0.39, 0.29) is 17.7 Å². The minimum absolute atomic E-state index is 0.0593. The smallest absolute Gasteiger partial charge is 0.230 e. The maximum atomic E-state index is 12.5. The maximum Gasteiger partial charge on any atom is 0.230 e. The number of rotatable bonds is 9. The number of amides is 1. The minimum atomic E-state index is -0.0593. The first kappa shape index (κ1) is 21.8. The number of benzene rings is 1. The second-order valence-corrected chi connectivity index (χ2v) is 8.30. The van der Waals surface area contributed by atoms with Crippen molar-refractivity contribution in [3.8, 4) is 17.2 Å². The van der Waals surface area contributed by atoms with Crippen LogP contribution in [0.15, 0.2) is 72.5 Å². The molecule has 0 bridgehead atoms. The van der Waals surface area contributed by atoms with E-state index in [9.17, 15) is 4.79 Å². The molecule has 0 aliphatic rings. The summed E-state index contributed by atoms with van der Waals surface area (Å²) in [5.74, 6) is 1.80. The highest BCUT2D eigenvalue weighted by molar-refractivity contribution is 7.99. The first-order valence-corrected chi connectivity index (χ1v) is 11.5. The molecule has 1 N–H and O–H groups in total. The molecular weight excluding hydrogens is 422 g/mol. The summed E-state index contributed by atoms with van der Waals surface area (Å²) in [6.07, 6.45) is 7.90. The van der Waals surface area contributed by atoms with Crippen LogP contribution in [0.4, 0.5) is 0 Å². The van der Waals surface area contributed by atoms with Crippen LogP contribution in [0, 0.1) is 0 Å². The van der Waals surface area contributed by atoms with Crippen LogP contribution in [0.2, 0.25) is 0 Å². The lowest BCUT2D eigenvalue weighted by molar-refractivity contribution is -0.118. The van der Waals surface area contributed by atoms with Crippen molar-refractivity contribution in [1.29, 1.82) is 0 Å². The molecule has 1 aromatic carbocycles. The molecule has 0 saturated heterocycles. The highest BCUT2D eigenvalue weighted by Crippen LogP contribution is 2.28. The molecule has 3 heterocycles. The summed E-state index contributed by atoms with van der Waals surface area (Å²) >= 11 is 1.40. The van der Waals surface area contributed by atoms with Gasteiger partial charge in [0.25, 0.3) is 0 Å². The summed E-state index contributed by atoms with van der Waals surface area (Å²) in [5.41, 5.74) is 1.99. The zero-order valence-corrected chi connectivity index (χ0v) is 18.9. The Kier molecular flexibility index (Phi) is 6.96. The van der Waals surface area contributed by atoms with Crippen molar-refractivity contribution in [1.82, 2.24) is 34.6 Å². The molecule has 164 valence electrons. The van der Waals surface area contributed by atoms with Crippen LogP contribution in [0.1, 0.15) is 31.9 Å². The van der Waals surface area contributed by atoms with Gasteiger partial charge in [-0.15, -0.1) is 10.2 Å². The Hall–Kier alpha value is -3.46. The summed E-state index contributed by atoms with van der Waals surface area (Å²) in [6.45, 7) is 4.70. The second-order valence-electron chi connectivity index (χ2n) is 7.36. The first-order chi connectivity index (χ1) is 15.7. The Bertz CT molecular complexity index is 1160. The van der Waals surface area contributed by atoms with Gasteiger partial charge in [-0.05, 0) is 31.0 Å². The van der Waals surface area contributed by atoms with Crippen LogP contribution >= 0.6 is 11.8 Å². The molecule has 0 spiro atoms. The molecule has 32 heavy (non-hydrogen) atoms. The summed E-state index contributed by atoms with van der Waals surface area (Å²) < 4.78 is 3.95. The highest BCUT2D eigenvalue weighted by atomic mass is 32.2. The number of imidazole rings is 1. The van der Waals surface area contributed by atoms with Crippen molar-refractivity contribution >= 4 is 17.7 Å². The number of hydrogen-bond acceptors (Lipinski definition) is 6. The van der Waals surface area contributed by atoms with E-state index in [0.717, 1.165) is 34.3 Å². The Morgan fingerprint density at radius 2 is 2.00 bits per heavy atom. The Morgan fingerprint density at radius 3 is 2.75 bits per heavy atom. The lowest BCUT2D eigenvalue weighted by atomic mass is 10.2. The molecule has 1 amide bonds. The molecule has 8 nitrogen and oxygen atoms in total. The molecule has 4 rings (SSSR count). The van der Waals surface area contributed by atoms with Crippen LogP contribution in [0.5, 0.6) is 0 Å². The minimum Gasteiger partial charge on any atom is -0.351 e. The number of nitrogens with one attached hydrogen (secondary N) is 1. The van der Waals surface area contributed by atoms with E-state index >= 15 is 0 Å². The predicted octanol–water partition coefficient (Wildman–Crippen LogP) is 3.91.